The van der Waals surface area contributed by atoms with E-state index < -0.39 is 9.84 Å². The van der Waals surface area contributed by atoms with Gasteiger partial charge in [0.05, 0.1) is 27.7 Å². The van der Waals surface area contributed by atoms with Gasteiger partial charge in [-0.15, -0.1) is 0 Å². The molecule has 2 N–H and O–H groups in total. The van der Waals surface area contributed by atoms with Crippen LogP contribution in [0.25, 0.3) is 0 Å². The van der Waals surface area contributed by atoms with Gasteiger partial charge in [0.15, 0.2) is 9.84 Å². The van der Waals surface area contributed by atoms with Crippen LogP contribution in [-0.2, 0) is 22.6 Å². The SMILES string of the molecule is Cc1cc(CS(=O)(=O)c2cccc(C)c2N)n(C)n1. The van der Waals surface area contributed by atoms with E-state index in [1.54, 1.807) is 42.9 Å². The smallest absolute Gasteiger partial charge is 0.186 e. The van der Waals surface area contributed by atoms with Gasteiger partial charge in [-0.05, 0) is 31.5 Å². The van der Waals surface area contributed by atoms with Gasteiger partial charge in [0.25, 0.3) is 0 Å². The van der Waals surface area contributed by atoms with Crippen LogP contribution in [-0.4, -0.2) is 18.2 Å². The summed E-state index contributed by atoms with van der Waals surface area (Å²) < 4.78 is 26.4. The van der Waals surface area contributed by atoms with E-state index >= 15 is 0 Å². The van der Waals surface area contributed by atoms with Crippen LogP contribution in [0.5, 0.6) is 0 Å². The fraction of sp³-hybridized carbons (Fsp3) is 0.308. The van der Waals surface area contributed by atoms with Crippen LogP contribution >= 0.6 is 0 Å². The van der Waals surface area contributed by atoms with Crippen molar-refractivity contribution < 1.29 is 8.42 Å². The lowest BCUT2D eigenvalue weighted by Gasteiger charge is -2.09. The molecule has 0 saturated heterocycles. The monoisotopic (exact) mass is 279 g/mol. The third-order valence-electron chi connectivity index (χ3n) is 3.06. The van der Waals surface area contributed by atoms with Crippen LogP contribution in [0.15, 0.2) is 29.2 Å². The molecule has 2 rings (SSSR count). The zero-order valence-electron chi connectivity index (χ0n) is 11.2. The maximum absolute atomic E-state index is 12.4. The van der Waals surface area contributed by atoms with Gasteiger partial charge in [-0.2, -0.15) is 5.10 Å². The van der Waals surface area contributed by atoms with E-state index in [9.17, 15) is 8.42 Å². The van der Waals surface area contributed by atoms with Crippen LogP contribution in [0, 0.1) is 13.8 Å². The molecule has 0 fully saturated rings. The molecule has 2 aromatic rings. The molecule has 0 aliphatic heterocycles. The lowest BCUT2D eigenvalue weighted by molar-refractivity contribution is 0.592. The highest BCUT2D eigenvalue weighted by Crippen LogP contribution is 2.25. The van der Waals surface area contributed by atoms with E-state index in [1.807, 2.05) is 6.92 Å². The predicted octanol–water partition coefficient (Wildman–Crippen LogP) is 1.59. The van der Waals surface area contributed by atoms with Crippen LogP contribution in [0.4, 0.5) is 5.69 Å². The van der Waals surface area contributed by atoms with Crippen LogP contribution in [0.3, 0.4) is 0 Å². The molecular weight excluding hydrogens is 262 g/mol. The molecule has 0 radical (unpaired) electrons. The van der Waals surface area contributed by atoms with Gasteiger partial charge in [0.1, 0.15) is 0 Å². The molecule has 0 bridgehead atoms. The molecular formula is C13H17N3O2S. The van der Waals surface area contributed by atoms with E-state index in [1.165, 1.54) is 0 Å². The molecule has 0 amide bonds. The van der Waals surface area contributed by atoms with Gasteiger partial charge in [-0.3, -0.25) is 4.68 Å². The average molecular weight is 279 g/mol. The molecule has 1 aromatic heterocycles. The summed E-state index contributed by atoms with van der Waals surface area (Å²) >= 11 is 0. The summed E-state index contributed by atoms with van der Waals surface area (Å²) in [7, 11) is -1.73. The summed E-state index contributed by atoms with van der Waals surface area (Å²) in [6.07, 6.45) is 0. The first-order chi connectivity index (χ1) is 8.81. The topological polar surface area (TPSA) is 78.0 Å². The fourth-order valence-electron chi connectivity index (χ4n) is 2.00. The van der Waals surface area contributed by atoms with E-state index in [4.69, 9.17) is 5.73 Å². The minimum absolute atomic E-state index is 0.0992. The Labute approximate surface area is 113 Å². The van der Waals surface area contributed by atoms with Gasteiger partial charge in [0, 0.05) is 7.05 Å². The number of nitrogen functional groups attached to an aromatic ring is 1. The van der Waals surface area contributed by atoms with Crippen LogP contribution < -0.4 is 5.73 Å². The summed E-state index contributed by atoms with van der Waals surface area (Å²) in [6, 6.07) is 6.81. The molecule has 0 aliphatic carbocycles. The molecule has 0 unspecified atom stereocenters. The molecule has 5 nitrogen and oxygen atoms in total. The predicted molar refractivity (Wildman–Crippen MR) is 74.4 cm³/mol. The second-order valence-corrected chi connectivity index (χ2v) is 6.60. The van der Waals surface area contributed by atoms with Crippen molar-refractivity contribution >= 4 is 15.5 Å². The van der Waals surface area contributed by atoms with Gasteiger partial charge in [-0.25, -0.2) is 8.42 Å². The summed E-state index contributed by atoms with van der Waals surface area (Å²) in [5.41, 5.74) is 8.40. The number of nitrogens with zero attached hydrogens (tertiary/aromatic N) is 2. The number of nitrogens with two attached hydrogens (primary N) is 1. The highest BCUT2D eigenvalue weighted by atomic mass is 32.2. The minimum atomic E-state index is -3.46. The van der Waals surface area contributed by atoms with Crippen molar-refractivity contribution in [1.82, 2.24) is 9.78 Å². The van der Waals surface area contributed by atoms with Crippen LogP contribution in [0.1, 0.15) is 17.0 Å². The standard InChI is InChI=1S/C13H17N3O2S/c1-9-5-4-6-12(13(9)14)19(17,18)8-11-7-10(2)15-16(11)3/h4-7H,8,14H2,1-3H3. The van der Waals surface area contributed by atoms with Crippen molar-refractivity contribution in [1.29, 1.82) is 0 Å². The summed E-state index contributed by atoms with van der Waals surface area (Å²) in [4.78, 5) is 0.186. The first-order valence-electron chi connectivity index (χ1n) is 5.88. The highest BCUT2D eigenvalue weighted by molar-refractivity contribution is 7.90. The Morgan fingerprint density at radius 3 is 2.58 bits per heavy atom. The molecule has 0 aliphatic rings. The van der Waals surface area contributed by atoms with Crippen molar-refractivity contribution in [2.24, 2.45) is 7.05 Å². The zero-order chi connectivity index (χ0) is 14.2. The number of anilines is 1. The molecule has 1 heterocycles. The van der Waals surface area contributed by atoms with Crippen molar-refractivity contribution in [3.05, 3.63) is 41.2 Å². The second-order valence-electron chi connectivity index (χ2n) is 4.65. The Kier molecular flexibility index (Phi) is 3.36. The first-order valence-corrected chi connectivity index (χ1v) is 7.54. The van der Waals surface area contributed by atoms with E-state index in [0.717, 1.165) is 11.3 Å². The third-order valence-corrected chi connectivity index (χ3v) is 4.76. The number of aryl methyl sites for hydroxylation is 3. The summed E-state index contributed by atoms with van der Waals surface area (Å²) in [6.45, 7) is 3.62. The maximum Gasteiger partial charge on any atom is 0.186 e. The van der Waals surface area contributed by atoms with Gasteiger partial charge in [-0.1, -0.05) is 12.1 Å². The Balaban J connectivity index is 2.44. The first kappa shape index (κ1) is 13.6. The summed E-state index contributed by atoms with van der Waals surface area (Å²) in [5.74, 6) is -0.0992. The van der Waals surface area contributed by atoms with E-state index in [0.29, 0.717) is 11.4 Å². The number of benzene rings is 1. The van der Waals surface area contributed by atoms with Crippen molar-refractivity contribution in [3.8, 4) is 0 Å². The molecule has 0 atom stereocenters. The highest BCUT2D eigenvalue weighted by Gasteiger charge is 2.21. The molecule has 0 saturated carbocycles. The van der Waals surface area contributed by atoms with E-state index in [-0.39, 0.29) is 10.6 Å². The minimum Gasteiger partial charge on any atom is -0.397 e. The lowest BCUT2D eigenvalue weighted by Crippen LogP contribution is -2.11. The number of rotatable bonds is 3. The largest absolute Gasteiger partial charge is 0.397 e. The van der Waals surface area contributed by atoms with Gasteiger partial charge in [0.2, 0.25) is 0 Å². The van der Waals surface area contributed by atoms with E-state index in [2.05, 4.69) is 5.10 Å². The number of sulfone groups is 1. The van der Waals surface area contributed by atoms with Gasteiger partial charge < -0.3 is 5.73 Å². The number of aromatic nitrogens is 2. The third kappa shape index (κ3) is 2.63. The quantitative estimate of drug-likeness (QED) is 0.865. The number of para-hydroxylation sites is 1. The van der Waals surface area contributed by atoms with Crippen molar-refractivity contribution in [2.45, 2.75) is 24.5 Å². The van der Waals surface area contributed by atoms with Crippen LogP contribution in [0.2, 0.25) is 0 Å². The average Bonchev–Trinajstić information content (AvgIpc) is 2.60. The normalized spacial score (nSPS) is 11.7. The Morgan fingerprint density at radius 2 is 2.00 bits per heavy atom. The maximum atomic E-state index is 12.4. The Hall–Kier alpha value is -1.82. The number of hydrogen-bond acceptors (Lipinski definition) is 4. The second kappa shape index (κ2) is 4.70. The molecule has 6 heteroatoms. The van der Waals surface area contributed by atoms with Crippen molar-refractivity contribution in [2.75, 3.05) is 5.73 Å². The summed E-state index contributed by atoms with van der Waals surface area (Å²) in [5, 5.41) is 4.15. The molecule has 0 spiro atoms. The lowest BCUT2D eigenvalue weighted by atomic mass is 10.2. The Bertz CT molecular complexity index is 717. The molecule has 1 aromatic carbocycles. The number of hydrogen-bond donors (Lipinski definition) is 1. The molecule has 102 valence electrons. The van der Waals surface area contributed by atoms with Gasteiger partial charge >= 0.3 is 0 Å². The Morgan fingerprint density at radius 1 is 1.32 bits per heavy atom. The van der Waals surface area contributed by atoms with Crippen molar-refractivity contribution in [3.63, 3.8) is 0 Å². The zero-order valence-corrected chi connectivity index (χ0v) is 12.0. The molecule has 19 heavy (non-hydrogen) atoms. The fourth-order valence-corrected chi connectivity index (χ4v) is 3.59.